The van der Waals surface area contributed by atoms with Crippen LogP contribution in [0.3, 0.4) is 0 Å². The number of carbonyl (C=O) groups is 1. The molecule has 1 fully saturated rings. The number of amides is 2. The Hall–Kier alpha value is -1.60. The van der Waals surface area contributed by atoms with Crippen molar-refractivity contribution < 1.29 is 17.9 Å². The minimum atomic E-state index is -3.88. The van der Waals surface area contributed by atoms with Gasteiger partial charge in [-0.1, -0.05) is 17.7 Å². The lowest BCUT2D eigenvalue weighted by Crippen LogP contribution is -2.52. The Balaban J connectivity index is 2.20. The number of aryl methyl sites for hydroxylation is 1. The van der Waals surface area contributed by atoms with Gasteiger partial charge in [-0.05, 0) is 39.8 Å². The van der Waals surface area contributed by atoms with Gasteiger partial charge in [0.2, 0.25) is 0 Å². The third-order valence-corrected chi connectivity index (χ3v) is 4.80. The summed E-state index contributed by atoms with van der Waals surface area (Å²) in [5, 5.41) is 0. The van der Waals surface area contributed by atoms with Gasteiger partial charge in [0.15, 0.2) is 0 Å². The number of sulfonamides is 1. The zero-order chi connectivity index (χ0) is 15.8. The van der Waals surface area contributed by atoms with Crippen LogP contribution < -0.4 is 4.72 Å². The van der Waals surface area contributed by atoms with Crippen molar-refractivity contribution in [1.82, 2.24) is 9.62 Å². The summed E-state index contributed by atoms with van der Waals surface area (Å²) < 4.78 is 32.0. The quantitative estimate of drug-likeness (QED) is 0.904. The Labute approximate surface area is 125 Å². The van der Waals surface area contributed by atoms with Gasteiger partial charge < -0.3 is 4.74 Å². The Bertz CT molecular complexity index is 637. The second-order valence-electron chi connectivity index (χ2n) is 5.82. The van der Waals surface area contributed by atoms with Crippen LogP contribution in [0.4, 0.5) is 4.79 Å². The number of rotatable bonds is 2. The second-order valence-corrected chi connectivity index (χ2v) is 7.50. The average Bonchev–Trinajstić information content (AvgIpc) is 2.63. The highest BCUT2D eigenvalue weighted by atomic mass is 32.2. The number of urea groups is 1. The van der Waals surface area contributed by atoms with Crippen molar-refractivity contribution in [1.29, 1.82) is 0 Å². The number of nitrogens with zero attached hydrogens (tertiary/aromatic N) is 1. The summed E-state index contributed by atoms with van der Waals surface area (Å²) in [4.78, 5) is 13.7. The molecule has 1 aromatic carbocycles. The van der Waals surface area contributed by atoms with Gasteiger partial charge in [0, 0.05) is 0 Å². The van der Waals surface area contributed by atoms with E-state index < -0.39 is 27.8 Å². The van der Waals surface area contributed by atoms with Crippen molar-refractivity contribution in [2.24, 2.45) is 0 Å². The van der Waals surface area contributed by atoms with Crippen LogP contribution in [0.15, 0.2) is 29.2 Å². The second kappa shape index (κ2) is 5.31. The average molecular weight is 312 g/mol. The summed E-state index contributed by atoms with van der Waals surface area (Å²) in [6, 6.07) is 5.64. The first kappa shape index (κ1) is 15.8. The summed E-state index contributed by atoms with van der Waals surface area (Å²) in [6.45, 7) is 7.60. The lowest BCUT2D eigenvalue weighted by Gasteiger charge is -2.31. The fraction of sp³-hybridized carbons (Fsp3) is 0.500. The zero-order valence-corrected chi connectivity index (χ0v) is 13.4. The van der Waals surface area contributed by atoms with Crippen molar-refractivity contribution in [2.75, 3.05) is 6.61 Å². The van der Waals surface area contributed by atoms with Crippen LogP contribution >= 0.6 is 0 Å². The van der Waals surface area contributed by atoms with E-state index in [9.17, 15) is 13.2 Å². The molecule has 0 radical (unpaired) electrons. The third kappa shape index (κ3) is 3.19. The first-order chi connectivity index (χ1) is 9.63. The maximum absolute atomic E-state index is 12.3. The number of hydrogen-bond donors (Lipinski definition) is 1. The maximum atomic E-state index is 12.3. The number of benzene rings is 1. The van der Waals surface area contributed by atoms with Gasteiger partial charge in [0.05, 0.1) is 17.0 Å². The van der Waals surface area contributed by atoms with Crippen LogP contribution in [0.5, 0.6) is 0 Å². The molecule has 1 unspecified atom stereocenters. The molecule has 7 heteroatoms. The minimum absolute atomic E-state index is 0.0621. The van der Waals surface area contributed by atoms with Gasteiger partial charge in [-0.15, -0.1) is 0 Å². The highest BCUT2D eigenvalue weighted by molar-refractivity contribution is 7.90. The van der Waals surface area contributed by atoms with E-state index in [1.165, 1.54) is 17.0 Å². The molecule has 1 saturated heterocycles. The van der Waals surface area contributed by atoms with Gasteiger partial charge in [-0.2, -0.15) is 0 Å². The molecule has 0 spiro atoms. The SMILES string of the molecule is Cc1ccc(S(=O)(=O)NC(=O)N2C(C)OCC2(C)C)cc1. The number of nitrogens with one attached hydrogen (secondary N) is 1. The molecule has 1 heterocycles. The lowest BCUT2D eigenvalue weighted by molar-refractivity contribution is 0.0626. The molecule has 0 bridgehead atoms. The molecular weight excluding hydrogens is 292 g/mol. The van der Waals surface area contributed by atoms with E-state index in [4.69, 9.17) is 4.74 Å². The number of ether oxygens (including phenoxy) is 1. The molecule has 1 aromatic rings. The summed E-state index contributed by atoms with van der Waals surface area (Å²) in [5.74, 6) is 0. The normalized spacial score (nSPS) is 21.3. The standard InChI is InChI=1S/C14H20N2O4S/c1-10-5-7-12(8-6-10)21(18,19)15-13(17)16-11(2)20-9-14(16,3)4/h5-8,11H,9H2,1-4H3,(H,15,17). The fourth-order valence-electron chi connectivity index (χ4n) is 2.34. The van der Waals surface area contributed by atoms with E-state index >= 15 is 0 Å². The predicted octanol–water partition coefficient (Wildman–Crippen LogP) is 1.85. The molecule has 1 atom stereocenters. The molecule has 0 aliphatic carbocycles. The number of hydrogen-bond acceptors (Lipinski definition) is 4. The first-order valence-electron chi connectivity index (χ1n) is 6.68. The molecule has 1 aliphatic heterocycles. The van der Waals surface area contributed by atoms with E-state index in [0.717, 1.165) is 5.56 Å². The summed E-state index contributed by atoms with van der Waals surface area (Å²) in [7, 11) is -3.88. The van der Waals surface area contributed by atoms with Crippen molar-refractivity contribution in [3.63, 3.8) is 0 Å². The van der Waals surface area contributed by atoms with Gasteiger partial charge in [0.25, 0.3) is 10.0 Å². The first-order valence-corrected chi connectivity index (χ1v) is 8.16. The molecule has 1 N–H and O–H groups in total. The van der Waals surface area contributed by atoms with E-state index in [0.29, 0.717) is 6.61 Å². The lowest BCUT2D eigenvalue weighted by atomic mass is 10.1. The highest BCUT2D eigenvalue weighted by Gasteiger charge is 2.42. The Kier molecular flexibility index (Phi) is 3.99. The van der Waals surface area contributed by atoms with Crippen molar-refractivity contribution in [2.45, 2.75) is 44.4 Å². The number of carbonyl (C=O) groups excluding carboxylic acids is 1. The van der Waals surface area contributed by atoms with Crippen LogP contribution in [0.25, 0.3) is 0 Å². The van der Waals surface area contributed by atoms with E-state index in [2.05, 4.69) is 4.72 Å². The van der Waals surface area contributed by atoms with Crippen molar-refractivity contribution in [3.05, 3.63) is 29.8 Å². The monoisotopic (exact) mass is 312 g/mol. The van der Waals surface area contributed by atoms with Crippen LogP contribution in [-0.4, -0.2) is 37.7 Å². The Morgan fingerprint density at radius 2 is 1.90 bits per heavy atom. The summed E-state index contributed by atoms with van der Waals surface area (Å²) >= 11 is 0. The summed E-state index contributed by atoms with van der Waals surface area (Å²) in [5.41, 5.74) is 0.398. The maximum Gasteiger partial charge on any atom is 0.333 e. The minimum Gasteiger partial charge on any atom is -0.356 e. The zero-order valence-electron chi connectivity index (χ0n) is 12.6. The van der Waals surface area contributed by atoms with Gasteiger partial charge in [-0.25, -0.2) is 17.9 Å². The van der Waals surface area contributed by atoms with Gasteiger partial charge >= 0.3 is 6.03 Å². The Morgan fingerprint density at radius 3 is 2.38 bits per heavy atom. The molecule has 21 heavy (non-hydrogen) atoms. The predicted molar refractivity (Wildman–Crippen MR) is 78.2 cm³/mol. The van der Waals surface area contributed by atoms with Gasteiger partial charge in [0.1, 0.15) is 6.23 Å². The highest BCUT2D eigenvalue weighted by Crippen LogP contribution is 2.26. The molecule has 0 aromatic heterocycles. The van der Waals surface area contributed by atoms with E-state index in [1.54, 1.807) is 19.1 Å². The molecular formula is C14H20N2O4S. The van der Waals surface area contributed by atoms with Crippen molar-refractivity contribution >= 4 is 16.1 Å². The molecule has 1 aliphatic rings. The molecule has 0 saturated carbocycles. The molecule has 2 rings (SSSR count). The van der Waals surface area contributed by atoms with Crippen molar-refractivity contribution in [3.8, 4) is 0 Å². The largest absolute Gasteiger partial charge is 0.356 e. The topological polar surface area (TPSA) is 75.7 Å². The molecule has 116 valence electrons. The van der Waals surface area contributed by atoms with Crippen LogP contribution in [0.1, 0.15) is 26.3 Å². The van der Waals surface area contributed by atoms with Gasteiger partial charge in [-0.3, -0.25) is 4.90 Å². The van der Waals surface area contributed by atoms with Crippen LogP contribution in [0, 0.1) is 6.92 Å². The molecule has 6 nitrogen and oxygen atoms in total. The smallest absolute Gasteiger partial charge is 0.333 e. The van der Waals surface area contributed by atoms with Crippen LogP contribution in [-0.2, 0) is 14.8 Å². The summed E-state index contributed by atoms with van der Waals surface area (Å²) in [6.07, 6.45) is -0.465. The van der Waals surface area contributed by atoms with E-state index in [1.807, 2.05) is 20.8 Å². The Morgan fingerprint density at radius 1 is 1.33 bits per heavy atom. The third-order valence-electron chi connectivity index (χ3n) is 3.47. The fourth-order valence-corrected chi connectivity index (χ4v) is 3.28. The van der Waals surface area contributed by atoms with Crippen LogP contribution in [0.2, 0.25) is 0 Å². The van der Waals surface area contributed by atoms with E-state index in [-0.39, 0.29) is 4.90 Å². The molecule has 2 amide bonds.